The minimum atomic E-state index is -1.87. The standard InChI is InChI=1S/C26H26Cl2N2O4/c1-30(2)14-18-21(15-7-5-4-6-8-15)26(16-9-11-17(27)12-10-16)25(32,23(18)31)22-19(34-26)13-20(28)29-24(22)33-3/h4-13,18,21,23,31-32H,14H2,1-3H3. The van der Waals surface area contributed by atoms with Crippen molar-refractivity contribution in [1.82, 2.24) is 9.88 Å². The molecule has 0 spiro atoms. The fraction of sp³-hybridized carbons (Fsp3) is 0.346. The van der Waals surface area contributed by atoms with Crippen LogP contribution in [0.25, 0.3) is 0 Å². The van der Waals surface area contributed by atoms with Crippen LogP contribution in [0.1, 0.15) is 22.6 Å². The molecule has 5 rings (SSSR count). The zero-order chi connectivity index (χ0) is 24.3. The quantitative estimate of drug-likeness (QED) is 0.511. The van der Waals surface area contributed by atoms with Gasteiger partial charge in [-0.25, -0.2) is 4.98 Å². The summed E-state index contributed by atoms with van der Waals surface area (Å²) in [7, 11) is 5.34. The summed E-state index contributed by atoms with van der Waals surface area (Å²) >= 11 is 12.5. The first-order chi connectivity index (χ1) is 16.2. The highest BCUT2D eigenvalue weighted by atomic mass is 35.5. The van der Waals surface area contributed by atoms with Gasteiger partial charge in [0.05, 0.1) is 18.8 Å². The molecule has 0 bridgehead atoms. The van der Waals surface area contributed by atoms with Crippen LogP contribution in [0.3, 0.4) is 0 Å². The number of fused-ring (bicyclic) bond motifs is 3. The van der Waals surface area contributed by atoms with Crippen LogP contribution in [0, 0.1) is 5.92 Å². The van der Waals surface area contributed by atoms with Crippen molar-refractivity contribution < 1.29 is 19.7 Å². The molecule has 2 aromatic carbocycles. The van der Waals surface area contributed by atoms with E-state index in [0.29, 0.717) is 28.4 Å². The molecule has 0 amide bonds. The molecule has 5 unspecified atom stereocenters. The molecule has 1 saturated carbocycles. The topological polar surface area (TPSA) is 75.0 Å². The number of benzene rings is 2. The minimum Gasteiger partial charge on any atom is -0.481 e. The summed E-state index contributed by atoms with van der Waals surface area (Å²) in [4.78, 5) is 6.29. The van der Waals surface area contributed by atoms with Gasteiger partial charge < -0.3 is 24.6 Å². The maximum atomic E-state index is 12.7. The van der Waals surface area contributed by atoms with Gasteiger partial charge in [0, 0.05) is 29.5 Å². The number of nitrogens with zero attached hydrogens (tertiary/aromatic N) is 2. The summed E-state index contributed by atoms with van der Waals surface area (Å²) in [5.41, 5.74) is -1.35. The number of hydrogen-bond acceptors (Lipinski definition) is 6. The maximum absolute atomic E-state index is 12.7. The lowest BCUT2D eigenvalue weighted by atomic mass is 9.71. The van der Waals surface area contributed by atoms with Crippen LogP contribution in [0.4, 0.5) is 0 Å². The van der Waals surface area contributed by atoms with Gasteiger partial charge in [0.15, 0.2) is 11.2 Å². The van der Waals surface area contributed by atoms with Crippen LogP contribution < -0.4 is 9.47 Å². The van der Waals surface area contributed by atoms with E-state index >= 15 is 0 Å². The fourth-order valence-electron chi connectivity index (χ4n) is 5.87. The van der Waals surface area contributed by atoms with Gasteiger partial charge in [0.2, 0.25) is 5.88 Å². The Morgan fingerprint density at radius 2 is 1.76 bits per heavy atom. The van der Waals surface area contributed by atoms with Gasteiger partial charge in [-0.05, 0) is 37.4 Å². The SMILES string of the molecule is COc1nc(Cl)cc2c1C1(O)C(O)C(CN(C)C)C(c3ccccc3)C1(c1ccc(Cl)cc1)O2. The highest BCUT2D eigenvalue weighted by Gasteiger charge is 2.76. The van der Waals surface area contributed by atoms with Crippen LogP contribution in [0.15, 0.2) is 60.7 Å². The molecule has 2 heterocycles. The first kappa shape index (κ1) is 23.4. The van der Waals surface area contributed by atoms with E-state index < -0.39 is 23.2 Å². The van der Waals surface area contributed by atoms with Crippen molar-refractivity contribution in [2.75, 3.05) is 27.7 Å². The lowest BCUT2D eigenvalue weighted by Gasteiger charge is -2.41. The van der Waals surface area contributed by atoms with E-state index in [2.05, 4.69) is 4.98 Å². The van der Waals surface area contributed by atoms with E-state index in [1.807, 2.05) is 61.5 Å². The highest BCUT2D eigenvalue weighted by Crippen LogP contribution is 2.69. The van der Waals surface area contributed by atoms with E-state index in [4.69, 9.17) is 32.7 Å². The first-order valence-corrected chi connectivity index (χ1v) is 11.8. The third-order valence-electron chi connectivity index (χ3n) is 7.04. The minimum absolute atomic E-state index is 0.122. The molecule has 1 aromatic heterocycles. The lowest BCUT2D eigenvalue weighted by Crippen LogP contribution is -2.52. The number of rotatable bonds is 5. The van der Waals surface area contributed by atoms with E-state index in [1.54, 1.807) is 18.2 Å². The summed E-state index contributed by atoms with van der Waals surface area (Å²) in [6.45, 7) is 0.514. The molecule has 5 atom stereocenters. The largest absolute Gasteiger partial charge is 0.481 e. The van der Waals surface area contributed by atoms with E-state index in [0.717, 1.165) is 5.56 Å². The molecule has 2 aliphatic rings. The van der Waals surface area contributed by atoms with Crippen LogP contribution in [0.5, 0.6) is 11.6 Å². The second kappa shape index (κ2) is 8.40. The van der Waals surface area contributed by atoms with Crippen molar-refractivity contribution in [3.8, 4) is 11.6 Å². The molecule has 1 aliphatic carbocycles. The smallest absolute Gasteiger partial charge is 0.224 e. The molecular weight excluding hydrogens is 475 g/mol. The van der Waals surface area contributed by atoms with Crippen molar-refractivity contribution in [3.63, 3.8) is 0 Å². The van der Waals surface area contributed by atoms with Gasteiger partial charge in [-0.15, -0.1) is 0 Å². The van der Waals surface area contributed by atoms with Gasteiger partial charge in [0.1, 0.15) is 10.9 Å². The Hall–Kier alpha value is -2.35. The van der Waals surface area contributed by atoms with E-state index in [9.17, 15) is 10.2 Å². The Balaban J connectivity index is 1.87. The highest BCUT2D eigenvalue weighted by molar-refractivity contribution is 6.30. The summed E-state index contributed by atoms with van der Waals surface area (Å²) in [6.07, 6.45) is -1.20. The van der Waals surface area contributed by atoms with Gasteiger partial charge in [-0.1, -0.05) is 65.7 Å². The van der Waals surface area contributed by atoms with Gasteiger partial charge >= 0.3 is 0 Å². The predicted octanol–water partition coefficient (Wildman–Crippen LogP) is 4.21. The molecule has 0 saturated heterocycles. The van der Waals surface area contributed by atoms with Crippen molar-refractivity contribution in [3.05, 3.63) is 87.5 Å². The Labute approximate surface area is 208 Å². The van der Waals surface area contributed by atoms with Gasteiger partial charge in [0.25, 0.3) is 0 Å². The summed E-state index contributed by atoms with van der Waals surface area (Å²) in [5, 5.41) is 25.3. The third kappa shape index (κ3) is 3.17. The Bertz CT molecular complexity index is 1210. The zero-order valence-electron chi connectivity index (χ0n) is 19.1. The number of aliphatic hydroxyl groups excluding tert-OH is 1. The molecule has 1 fully saturated rings. The molecule has 1 aliphatic heterocycles. The summed E-state index contributed by atoms with van der Waals surface area (Å²) in [5.74, 6) is -0.352. The van der Waals surface area contributed by atoms with Crippen molar-refractivity contribution >= 4 is 23.2 Å². The lowest BCUT2D eigenvalue weighted by molar-refractivity contribution is -0.152. The summed E-state index contributed by atoms with van der Waals surface area (Å²) < 4.78 is 12.3. The summed E-state index contributed by atoms with van der Waals surface area (Å²) in [6, 6.07) is 18.6. The van der Waals surface area contributed by atoms with Crippen molar-refractivity contribution in [1.29, 1.82) is 0 Å². The average molecular weight is 501 g/mol. The van der Waals surface area contributed by atoms with Gasteiger partial charge in [-0.3, -0.25) is 0 Å². The normalized spacial score (nSPS) is 29.6. The maximum Gasteiger partial charge on any atom is 0.224 e. The van der Waals surface area contributed by atoms with Gasteiger partial charge in [-0.2, -0.15) is 0 Å². The number of methoxy groups -OCH3 is 1. The van der Waals surface area contributed by atoms with E-state index in [1.165, 1.54) is 7.11 Å². The molecule has 3 aromatic rings. The van der Waals surface area contributed by atoms with Crippen LogP contribution in [-0.4, -0.2) is 54.0 Å². The molecular formula is C26H26Cl2N2O4. The monoisotopic (exact) mass is 500 g/mol. The van der Waals surface area contributed by atoms with Crippen LogP contribution in [-0.2, 0) is 11.2 Å². The molecule has 178 valence electrons. The molecule has 34 heavy (non-hydrogen) atoms. The van der Waals surface area contributed by atoms with Crippen LogP contribution >= 0.6 is 23.2 Å². The zero-order valence-corrected chi connectivity index (χ0v) is 20.6. The average Bonchev–Trinajstić information content (AvgIpc) is 3.17. The number of halogens is 2. The second-order valence-corrected chi connectivity index (χ2v) is 10.0. The Morgan fingerprint density at radius 3 is 2.38 bits per heavy atom. The first-order valence-electron chi connectivity index (χ1n) is 11.0. The molecule has 8 heteroatoms. The Kier molecular flexibility index (Phi) is 5.78. The Morgan fingerprint density at radius 1 is 1.09 bits per heavy atom. The number of hydrogen-bond donors (Lipinski definition) is 2. The molecule has 6 nitrogen and oxygen atoms in total. The molecule has 2 N–H and O–H groups in total. The van der Waals surface area contributed by atoms with Crippen LogP contribution in [0.2, 0.25) is 10.2 Å². The van der Waals surface area contributed by atoms with Crippen molar-refractivity contribution in [2.24, 2.45) is 5.92 Å². The second-order valence-electron chi connectivity index (χ2n) is 9.20. The van der Waals surface area contributed by atoms with E-state index in [-0.39, 0.29) is 17.0 Å². The number of aromatic nitrogens is 1. The third-order valence-corrected chi connectivity index (χ3v) is 7.48. The number of aliphatic hydroxyl groups is 2. The predicted molar refractivity (Wildman–Crippen MR) is 131 cm³/mol. The number of ether oxygens (including phenoxy) is 2. The molecule has 0 radical (unpaired) electrons. The van der Waals surface area contributed by atoms with Crippen molar-refractivity contribution in [2.45, 2.75) is 23.2 Å². The number of pyridine rings is 1. The fourth-order valence-corrected chi connectivity index (χ4v) is 6.18.